The smallest absolute Gasteiger partial charge is 0.371 e. The molecule has 0 amide bonds. The van der Waals surface area contributed by atoms with Gasteiger partial charge in [0.1, 0.15) is 0 Å². The molecule has 0 bridgehead atoms. The highest BCUT2D eigenvalue weighted by Gasteiger charge is 2.46. The van der Waals surface area contributed by atoms with Crippen molar-refractivity contribution in [3.05, 3.63) is 0 Å². The molecule has 2 rings (SSSR count). The largest absolute Gasteiger partial charge is 0.517 e. The second-order valence-electron chi connectivity index (χ2n) is 5.88. The van der Waals surface area contributed by atoms with Crippen molar-refractivity contribution < 1.29 is 8.85 Å². The maximum Gasteiger partial charge on any atom is 0.517 e. The summed E-state index contributed by atoms with van der Waals surface area (Å²) >= 11 is 7.59. The first-order valence-electron chi connectivity index (χ1n) is 8.21. The van der Waals surface area contributed by atoms with Crippen molar-refractivity contribution in [1.82, 2.24) is 9.96 Å². The van der Waals surface area contributed by atoms with E-state index in [1.165, 1.54) is 38.5 Å². The van der Waals surface area contributed by atoms with E-state index in [1.54, 1.807) is 0 Å². The molecule has 7 heteroatoms. The van der Waals surface area contributed by atoms with Crippen molar-refractivity contribution in [3.8, 4) is 0 Å². The summed E-state index contributed by atoms with van der Waals surface area (Å²) in [5, 5.41) is 0. The summed E-state index contributed by atoms with van der Waals surface area (Å²) in [7, 11) is -2.57. The average Bonchev–Trinajstić information content (AvgIpc) is 3.01. The molecule has 0 radical (unpaired) electrons. The van der Waals surface area contributed by atoms with E-state index >= 15 is 0 Å². The van der Waals surface area contributed by atoms with Gasteiger partial charge in [0.2, 0.25) is 0 Å². The minimum Gasteiger partial charge on any atom is -0.371 e. The zero-order chi connectivity index (χ0) is 15.3. The molecule has 4 unspecified atom stereocenters. The monoisotopic (exact) mass is 442 g/mol. The molecule has 2 N–H and O–H groups in total. The molecule has 2 aliphatic rings. The van der Waals surface area contributed by atoms with E-state index in [0.29, 0.717) is 35.0 Å². The van der Waals surface area contributed by atoms with Crippen LogP contribution in [0, 0.1) is 0 Å². The molecule has 0 aromatic heterocycles. The lowest BCUT2D eigenvalue weighted by atomic mass is 10.3. The summed E-state index contributed by atoms with van der Waals surface area (Å²) in [4.78, 5) is 8.54. The highest BCUT2D eigenvalue weighted by molar-refractivity contribution is 9.09. The van der Waals surface area contributed by atoms with Crippen LogP contribution in [0.2, 0.25) is 0 Å². The maximum atomic E-state index is 6.14. The molecule has 0 aromatic carbocycles. The number of hydrogen-bond donors (Lipinski definition) is 2. The second kappa shape index (κ2) is 8.75. The molecule has 2 aliphatic carbocycles. The Morgan fingerprint density at radius 3 is 1.57 bits per heavy atom. The van der Waals surface area contributed by atoms with Gasteiger partial charge in [0.25, 0.3) is 0 Å². The van der Waals surface area contributed by atoms with Gasteiger partial charge in [0, 0.05) is 35.0 Å². The van der Waals surface area contributed by atoms with Crippen LogP contribution < -0.4 is 9.96 Å². The number of rotatable bonds is 8. The Labute approximate surface area is 146 Å². The first-order valence-corrected chi connectivity index (χ1v) is 11.9. The zero-order valence-corrected chi connectivity index (χ0v) is 17.2. The molecule has 21 heavy (non-hydrogen) atoms. The van der Waals surface area contributed by atoms with Gasteiger partial charge in [0.05, 0.1) is 0 Å². The molecule has 0 saturated heterocycles. The van der Waals surface area contributed by atoms with Crippen LogP contribution in [0.5, 0.6) is 0 Å². The molecule has 2 saturated carbocycles. The summed E-state index contributed by atoms with van der Waals surface area (Å²) in [6.45, 7) is 5.44. The molecule has 0 aromatic rings. The summed E-state index contributed by atoms with van der Waals surface area (Å²) < 4.78 is 12.3. The lowest BCUT2D eigenvalue weighted by Crippen LogP contribution is -2.72. The van der Waals surface area contributed by atoms with Gasteiger partial charge in [-0.05, 0) is 39.5 Å². The van der Waals surface area contributed by atoms with Crippen molar-refractivity contribution >= 4 is 40.7 Å². The van der Waals surface area contributed by atoms with E-state index < -0.39 is 8.88 Å². The Kier molecular flexibility index (Phi) is 7.65. The molecule has 4 nitrogen and oxygen atoms in total. The van der Waals surface area contributed by atoms with Gasteiger partial charge in [-0.2, -0.15) is 0 Å². The molecule has 0 heterocycles. The normalized spacial score (nSPS) is 33.7. The Morgan fingerprint density at radius 2 is 1.29 bits per heavy atom. The molecule has 0 aliphatic heterocycles. The standard InChI is InChI=1S/C14H28Br2N2O2Si/c1-3-19-21(20-4-2,17-13-9-5-7-11(13)15)18-14-10-6-8-12(14)16/h11-14,17-18H,3-10H2,1-2H3. The minimum absolute atomic E-state index is 0.442. The summed E-state index contributed by atoms with van der Waals surface area (Å²) in [6, 6.07) is 0.884. The highest BCUT2D eigenvalue weighted by Crippen LogP contribution is 2.29. The summed E-state index contributed by atoms with van der Waals surface area (Å²) in [6.07, 6.45) is 7.36. The molecule has 4 atom stereocenters. The van der Waals surface area contributed by atoms with Crippen molar-refractivity contribution in [3.63, 3.8) is 0 Å². The van der Waals surface area contributed by atoms with Crippen molar-refractivity contribution in [2.45, 2.75) is 74.1 Å². The Morgan fingerprint density at radius 1 is 0.857 bits per heavy atom. The molecular weight excluding hydrogens is 416 g/mol. The van der Waals surface area contributed by atoms with Crippen LogP contribution in [0.15, 0.2) is 0 Å². The van der Waals surface area contributed by atoms with Crippen LogP contribution in [-0.4, -0.2) is 43.8 Å². The molecule has 0 spiro atoms. The van der Waals surface area contributed by atoms with Gasteiger partial charge < -0.3 is 8.85 Å². The quantitative estimate of drug-likeness (QED) is 0.446. The number of hydrogen-bond acceptors (Lipinski definition) is 4. The molecule has 124 valence electrons. The fraction of sp³-hybridized carbons (Fsp3) is 1.00. The summed E-state index contributed by atoms with van der Waals surface area (Å²) in [5.74, 6) is 0. The third kappa shape index (κ3) is 4.99. The third-order valence-corrected chi connectivity index (χ3v) is 9.39. The third-order valence-electron chi connectivity index (χ3n) is 4.31. The predicted molar refractivity (Wildman–Crippen MR) is 96.0 cm³/mol. The lowest BCUT2D eigenvalue weighted by Gasteiger charge is -2.36. The highest BCUT2D eigenvalue weighted by atomic mass is 79.9. The fourth-order valence-electron chi connectivity index (χ4n) is 3.30. The number of alkyl halides is 2. The minimum atomic E-state index is -2.57. The molecular formula is C14H28Br2N2O2Si. The van der Waals surface area contributed by atoms with Gasteiger partial charge in [-0.3, -0.25) is 9.96 Å². The number of halogens is 2. The van der Waals surface area contributed by atoms with Gasteiger partial charge in [-0.15, -0.1) is 0 Å². The van der Waals surface area contributed by atoms with Crippen LogP contribution in [0.4, 0.5) is 0 Å². The van der Waals surface area contributed by atoms with Crippen LogP contribution in [0.25, 0.3) is 0 Å². The first kappa shape index (κ1) is 18.4. The van der Waals surface area contributed by atoms with Gasteiger partial charge in [-0.25, -0.2) is 0 Å². The van der Waals surface area contributed by atoms with Crippen molar-refractivity contribution in [1.29, 1.82) is 0 Å². The van der Waals surface area contributed by atoms with E-state index in [2.05, 4.69) is 41.8 Å². The topological polar surface area (TPSA) is 42.5 Å². The SMILES string of the molecule is CCO[Si](NC1CCCC1Br)(NC1CCCC1Br)OCC. The first-order chi connectivity index (χ1) is 10.1. The summed E-state index contributed by atoms with van der Waals surface area (Å²) in [5.41, 5.74) is 0. The van der Waals surface area contributed by atoms with E-state index in [9.17, 15) is 0 Å². The zero-order valence-electron chi connectivity index (χ0n) is 13.0. The van der Waals surface area contributed by atoms with Crippen LogP contribution >= 0.6 is 31.9 Å². The van der Waals surface area contributed by atoms with Crippen LogP contribution in [0.1, 0.15) is 52.4 Å². The van der Waals surface area contributed by atoms with Gasteiger partial charge in [0.15, 0.2) is 0 Å². The van der Waals surface area contributed by atoms with Crippen LogP contribution in [-0.2, 0) is 8.85 Å². The van der Waals surface area contributed by atoms with Gasteiger partial charge in [-0.1, -0.05) is 44.7 Å². The number of nitrogens with one attached hydrogen (secondary N) is 2. The molecule has 2 fully saturated rings. The Bertz CT molecular complexity index is 295. The van der Waals surface area contributed by atoms with E-state index in [1.807, 2.05) is 13.8 Å². The van der Waals surface area contributed by atoms with Crippen LogP contribution in [0.3, 0.4) is 0 Å². The van der Waals surface area contributed by atoms with Crippen molar-refractivity contribution in [2.75, 3.05) is 13.2 Å². The van der Waals surface area contributed by atoms with E-state index in [0.717, 1.165) is 0 Å². The van der Waals surface area contributed by atoms with Gasteiger partial charge >= 0.3 is 8.88 Å². The average molecular weight is 444 g/mol. The van der Waals surface area contributed by atoms with Crippen molar-refractivity contribution in [2.24, 2.45) is 0 Å². The Balaban J connectivity index is 2.07. The second-order valence-corrected chi connectivity index (χ2v) is 10.6. The van der Waals surface area contributed by atoms with E-state index in [-0.39, 0.29) is 0 Å². The lowest BCUT2D eigenvalue weighted by molar-refractivity contribution is 0.150. The predicted octanol–water partition coefficient (Wildman–Crippen LogP) is 3.31. The van der Waals surface area contributed by atoms with E-state index in [4.69, 9.17) is 8.85 Å². The fourth-order valence-corrected chi connectivity index (χ4v) is 8.21. The maximum absolute atomic E-state index is 6.14. The Hall–Kier alpha value is 1.02.